The van der Waals surface area contributed by atoms with Crippen LogP contribution in [0, 0.1) is 6.92 Å². The highest BCUT2D eigenvalue weighted by Gasteiger charge is 2.28. The fourth-order valence-corrected chi connectivity index (χ4v) is 3.59. The summed E-state index contributed by atoms with van der Waals surface area (Å²) in [7, 11) is 0. The lowest BCUT2D eigenvalue weighted by Gasteiger charge is -2.30. The molecule has 0 bridgehead atoms. The Kier molecular flexibility index (Phi) is 7.33. The molecule has 0 aliphatic carbocycles. The molecule has 1 heterocycles. The maximum atomic E-state index is 13.2. The van der Waals surface area contributed by atoms with Crippen LogP contribution in [0.4, 0.5) is 0 Å². The predicted octanol–water partition coefficient (Wildman–Crippen LogP) is 3.60. The summed E-state index contributed by atoms with van der Waals surface area (Å²) < 4.78 is 10.8. The van der Waals surface area contributed by atoms with E-state index in [9.17, 15) is 9.59 Å². The van der Waals surface area contributed by atoms with Gasteiger partial charge in [0.25, 0.3) is 0 Å². The van der Waals surface area contributed by atoms with Crippen molar-refractivity contribution in [1.82, 2.24) is 10.2 Å². The number of hydrogen-bond donors (Lipinski definition) is 1. The number of benzene rings is 2. The van der Waals surface area contributed by atoms with Crippen LogP contribution in [0.3, 0.4) is 0 Å². The zero-order valence-electron chi connectivity index (χ0n) is 17.9. The number of amides is 2. The van der Waals surface area contributed by atoms with Crippen molar-refractivity contribution in [2.75, 3.05) is 13.3 Å². The summed E-state index contributed by atoms with van der Waals surface area (Å²) in [5, 5.41) is 2.87. The molecule has 160 valence electrons. The van der Waals surface area contributed by atoms with E-state index in [1.165, 1.54) is 0 Å². The maximum Gasteiger partial charge on any atom is 0.242 e. The molecule has 0 fully saturated rings. The molecular weight excluding hydrogens is 380 g/mol. The van der Waals surface area contributed by atoms with Crippen LogP contribution in [0.15, 0.2) is 42.5 Å². The fourth-order valence-electron chi connectivity index (χ4n) is 3.59. The second-order valence-corrected chi connectivity index (χ2v) is 7.51. The van der Waals surface area contributed by atoms with Gasteiger partial charge in [0.1, 0.15) is 6.04 Å². The minimum absolute atomic E-state index is 0.0358. The van der Waals surface area contributed by atoms with Crippen LogP contribution < -0.4 is 14.8 Å². The molecule has 0 aromatic heterocycles. The zero-order valence-corrected chi connectivity index (χ0v) is 17.9. The summed E-state index contributed by atoms with van der Waals surface area (Å²) in [6, 6.07) is 13.3. The Balaban J connectivity index is 1.74. The molecule has 2 aromatic carbocycles. The van der Waals surface area contributed by atoms with Crippen molar-refractivity contribution in [3.8, 4) is 11.5 Å². The summed E-state index contributed by atoms with van der Waals surface area (Å²) in [6.45, 7) is 7.03. The molecule has 2 aromatic rings. The summed E-state index contributed by atoms with van der Waals surface area (Å²) in [5.41, 5.74) is 3.18. The second-order valence-electron chi connectivity index (χ2n) is 7.51. The van der Waals surface area contributed by atoms with Crippen molar-refractivity contribution in [3.05, 3.63) is 59.2 Å². The van der Waals surface area contributed by atoms with Crippen molar-refractivity contribution in [1.29, 1.82) is 0 Å². The number of carbonyl (C=O) groups excluding carboxylic acids is 2. The third-order valence-corrected chi connectivity index (χ3v) is 5.27. The molecule has 0 unspecified atom stereocenters. The molecule has 6 heteroatoms. The average molecular weight is 411 g/mol. The van der Waals surface area contributed by atoms with E-state index in [1.54, 1.807) is 4.90 Å². The van der Waals surface area contributed by atoms with Gasteiger partial charge in [-0.2, -0.15) is 0 Å². The first kappa shape index (κ1) is 21.7. The van der Waals surface area contributed by atoms with Crippen LogP contribution >= 0.6 is 0 Å². The van der Waals surface area contributed by atoms with E-state index in [2.05, 4.69) is 5.32 Å². The lowest BCUT2D eigenvalue weighted by atomic mass is 10.1. The van der Waals surface area contributed by atoms with Crippen LogP contribution in [0.2, 0.25) is 0 Å². The normalized spacial score (nSPS) is 13.0. The van der Waals surface area contributed by atoms with Crippen LogP contribution in [0.5, 0.6) is 11.5 Å². The van der Waals surface area contributed by atoms with Crippen LogP contribution in [0.1, 0.15) is 43.4 Å². The standard InChI is InChI=1S/C24H30N2O4/c1-4-20(24(28)25-5-2)26(15-19-8-6-17(3)7-9-19)23(27)13-11-18-10-12-21-22(14-18)30-16-29-21/h6-10,12,14,20H,4-5,11,13,15-16H2,1-3H3,(H,25,28)/t20-/m1/s1. The Hall–Kier alpha value is -3.02. The number of nitrogens with one attached hydrogen (secondary N) is 1. The molecular formula is C24H30N2O4. The van der Waals surface area contributed by atoms with Crippen LogP contribution in [0.25, 0.3) is 0 Å². The van der Waals surface area contributed by atoms with Crippen molar-refractivity contribution in [2.45, 2.75) is 52.6 Å². The number of hydrogen-bond acceptors (Lipinski definition) is 4. The molecule has 0 radical (unpaired) electrons. The minimum Gasteiger partial charge on any atom is -0.454 e. The molecule has 6 nitrogen and oxygen atoms in total. The molecule has 1 aliphatic rings. The molecule has 0 saturated carbocycles. The molecule has 0 spiro atoms. The van der Waals surface area contributed by atoms with Gasteiger partial charge in [-0.3, -0.25) is 9.59 Å². The minimum atomic E-state index is -0.490. The van der Waals surface area contributed by atoms with Crippen LogP contribution in [-0.4, -0.2) is 36.1 Å². The number of rotatable bonds is 9. The maximum absolute atomic E-state index is 13.2. The quantitative estimate of drug-likeness (QED) is 0.686. The van der Waals surface area contributed by atoms with Crippen molar-refractivity contribution in [2.24, 2.45) is 0 Å². The average Bonchev–Trinajstić information content (AvgIpc) is 3.21. The number of ether oxygens (including phenoxy) is 2. The summed E-state index contributed by atoms with van der Waals surface area (Å²) >= 11 is 0. The number of nitrogens with zero attached hydrogens (tertiary/aromatic N) is 1. The van der Waals surface area contributed by atoms with Gasteiger partial charge < -0.3 is 19.7 Å². The molecule has 1 N–H and O–H groups in total. The monoisotopic (exact) mass is 410 g/mol. The number of carbonyl (C=O) groups is 2. The van der Waals surface area contributed by atoms with E-state index in [0.717, 1.165) is 22.4 Å². The van der Waals surface area contributed by atoms with Gasteiger partial charge in [-0.1, -0.05) is 42.8 Å². The van der Waals surface area contributed by atoms with Crippen molar-refractivity contribution >= 4 is 11.8 Å². The Bertz CT molecular complexity index is 879. The Labute approximate surface area is 178 Å². The lowest BCUT2D eigenvalue weighted by Crippen LogP contribution is -2.49. The van der Waals surface area contributed by atoms with Gasteiger partial charge in [-0.25, -0.2) is 0 Å². The highest BCUT2D eigenvalue weighted by Crippen LogP contribution is 2.32. The van der Waals surface area contributed by atoms with E-state index in [1.807, 2.05) is 63.2 Å². The number of fused-ring (bicyclic) bond motifs is 1. The Morgan fingerprint density at radius 1 is 1.03 bits per heavy atom. The molecule has 1 aliphatic heterocycles. The van der Waals surface area contributed by atoms with E-state index in [0.29, 0.717) is 38.1 Å². The van der Waals surface area contributed by atoms with Gasteiger partial charge in [0, 0.05) is 19.5 Å². The highest BCUT2D eigenvalue weighted by atomic mass is 16.7. The van der Waals surface area contributed by atoms with Gasteiger partial charge in [0.2, 0.25) is 18.6 Å². The third kappa shape index (κ3) is 5.32. The first-order valence-electron chi connectivity index (χ1n) is 10.5. The van der Waals surface area contributed by atoms with Gasteiger partial charge >= 0.3 is 0 Å². The van der Waals surface area contributed by atoms with E-state index in [-0.39, 0.29) is 18.6 Å². The summed E-state index contributed by atoms with van der Waals surface area (Å²) in [6.07, 6.45) is 1.46. The SMILES string of the molecule is CCNC(=O)[C@@H](CC)N(Cc1ccc(C)cc1)C(=O)CCc1ccc2c(c1)OCO2. The predicted molar refractivity (Wildman–Crippen MR) is 115 cm³/mol. The van der Waals surface area contributed by atoms with Gasteiger partial charge in [0.05, 0.1) is 0 Å². The fraction of sp³-hybridized carbons (Fsp3) is 0.417. The topological polar surface area (TPSA) is 67.9 Å². The van der Waals surface area contributed by atoms with Crippen LogP contribution in [-0.2, 0) is 22.6 Å². The first-order valence-corrected chi connectivity index (χ1v) is 10.5. The highest BCUT2D eigenvalue weighted by molar-refractivity contribution is 5.87. The van der Waals surface area contributed by atoms with E-state index in [4.69, 9.17) is 9.47 Å². The smallest absolute Gasteiger partial charge is 0.242 e. The summed E-state index contributed by atoms with van der Waals surface area (Å²) in [5.74, 6) is 1.30. The Morgan fingerprint density at radius 2 is 1.73 bits per heavy atom. The number of likely N-dealkylation sites (N-methyl/N-ethyl adjacent to an activating group) is 1. The molecule has 3 rings (SSSR count). The third-order valence-electron chi connectivity index (χ3n) is 5.27. The first-order chi connectivity index (χ1) is 14.5. The zero-order chi connectivity index (χ0) is 21.5. The molecule has 1 atom stereocenters. The van der Waals surface area contributed by atoms with Gasteiger partial charge in [-0.05, 0) is 49.9 Å². The Morgan fingerprint density at radius 3 is 2.43 bits per heavy atom. The largest absolute Gasteiger partial charge is 0.454 e. The molecule has 30 heavy (non-hydrogen) atoms. The van der Waals surface area contributed by atoms with Gasteiger partial charge in [0.15, 0.2) is 11.5 Å². The summed E-state index contributed by atoms with van der Waals surface area (Å²) in [4.78, 5) is 27.6. The molecule has 2 amide bonds. The lowest BCUT2D eigenvalue weighted by molar-refractivity contribution is -0.141. The molecule has 0 saturated heterocycles. The number of aryl methyl sites for hydroxylation is 2. The van der Waals surface area contributed by atoms with E-state index < -0.39 is 6.04 Å². The van der Waals surface area contributed by atoms with Crippen molar-refractivity contribution in [3.63, 3.8) is 0 Å². The van der Waals surface area contributed by atoms with E-state index >= 15 is 0 Å². The second kappa shape index (κ2) is 10.1. The van der Waals surface area contributed by atoms with Gasteiger partial charge in [-0.15, -0.1) is 0 Å². The van der Waals surface area contributed by atoms with Crippen molar-refractivity contribution < 1.29 is 19.1 Å².